The monoisotopic (exact) mass is 294 g/mol. The summed E-state index contributed by atoms with van der Waals surface area (Å²) in [5.74, 6) is -0.191. The number of nitrogens with one attached hydrogen (secondary N) is 1. The van der Waals surface area contributed by atoms with Crippen molar-refractivity contribution in [3.05, 3.63) is 33.8 Å². The van der Waals surface area contributed by atoms with Crippen LogP contribution in [0, 0.1) is 18.3 Å². The third-order valence-electron chi connectivity index (χ3n) is 2.48. The Labute approximate surface area is 110 Å². The minimum absolute atomic E-state index is 0.191. The van der Waals surface area contributed by atoms with Crippen molar-refractivity contribution in [3.63, 3.8) is 0 Å². The molecule has 0 aliphatic rings. The molecule has 0 aliphatic carbocycles. The number of nitrogens with zero attached hydrogens (tertiary/aromatic N) is 1. The van der Waals surface area contributed by atoms with Crippen LogP contribution in [0.25, 0.3) is 0 Å². The van der Waals surface area contributed by atoms with Gasteiger partial charge in [-0.2, -0.15) is 5.26 Å². The van der Waals surface area contributed by atoms with Crippen LogP contribution in [0.4, 0.5) is 0 Å². The summed E-state index contributed by atoms with van der Waals surface area (Å²) < 4.78 is 0.859. The van der Waals surface area contributed by atoms with Crippen LogP contribution >= 0.6 is 15.9 Å². The number of hydrogen-bond donors (Lipinski definition) is 1. The maximum Gasteiger partial charge on any atom is 0.252 e. The second-order valence-corrected chi connectivity index (χ2v) is 4.82. The van der Waals surface area contributed by atoms with E-state index in [0.717, 1.165) is 16.5 Å². The highest BCUT2D eigenvalue weighted by atomic mass is 79.9. The zero-order valence-electron chi connectivity index (χ0n) is 9.96. The molecule has 0 heterocycles. The largest absolute Gasteiger partial charge is 0.336 e. The Bertz CT molecular complexity index is 451. The number of amides is 1. The van der Waals surface area contributed by atoms with Crippen molar-refractivity contribution in [1.29, 1.82) is 5.26 Å². The normalized spacial score (nSPS) is 11.6. The van der Waals surface area contributed by atoms with Crippen LogP contribution in [0.2, 0.25) is 0 Å². The third-order valence-corrected chi connectivity index (χ3v) is 2.98. The number of hydrogen-bond acceptors (Lipinski definition) is 2. The van der Waals surface area contributed by atoms with Crippen LogP contribution in [0.3, 0.4) is 0 Å². The highest BCUT2D eigenvalue weighted by molar-refractivity contribution is 9.10. The molecule has 0 aromatic heterocycles. The topological polar surface area (TPSA) is 52.9 Å². The molecule has 90 valence electrons. The van der Waals surface area contributed by atoms with Gasteiger partial charge in [-0.05, 0) is 31.0 Å². The quantitative estimate of drug-likeness (QED) is 0.927. The average Bonchev–Trinajstić information content (AvgIpc) is 2.31. The molecule has 1 aromatic rings. The molecule has 4 heteroatoms. The van der Waals surface area contributed by atoms with Crippen molar-refractivity contribution in [2.75, 3.05) is 0 Å². The Morgan fingerprint density at radius 1 is 1.59 bits per heavy atom. The molecule has 3 nitrogen and oxygen atoms in total. The van der Waals surface area contributed by atoms with Gasteiger partial charge in [0.05, 0.1) is 6.07 Å². The van der Waals surface area contributed by atoms with Crippen molar-refractivity contribution < 1.29 is 4.79 Å². The number of carbonyl (C=O) groups is 1. The predicted molar refractivity (Wildman–Crippen MR) is 70.7 cm³/mol. The molecular weight excluding hydrogens is 280 g/mol. The minimum Gasteiger partial charge on any atom is -0.336 e. The molecule has 0 saturated heterocycles. The van der Waals surface area contributed by atoms with E-state index in [4.69, 9.17) is 5.26 Å². The first kappa shape index (κ1) is 13.7. The summed E-state index contributed by atoms with van der Waals surface area (Å²) in [5.41, 5.74) is 1.51. The molecule has 1 unspecified atom stereocenters. The van der Waals surface area contributed by atoms with Crippen molar-refractivity contribution in [1.82, 2.24) is 5.32 Å². The van der Waals surface area contributed by atoms with Crippen LogP contribution < -0.4 is 5.32 Å². The number of halogens is 1. The maximum atomic E-state index is 12.0. The van der Waals surface area contributed by atoms with Gasteiger partial charge in [0.25, 0.3) is 5.91 Å². The first-order valence-electron chi connectivity index (χ1n) is 5.55. The summed E-state index contributed by atoms with van der Waals surface area (Å²) in [6.45, 7) is 3.86. The molecule has 0 aliphatic heterocycles. The lowest BCUT2D eigenvalue weighted by Crippen LogP contribution is -2.34. The van der Waals surface area contributed by atoms with Gasteiger partial charge >= 0.3 is 0 Å². The molecule has 1 aromatic carbocycles. The van der Waals surface area contributed by atoms with Gasteiger partial charge < -0.3 is 5.32 Å². The van der Waals surface area contributed by atoms with Crippen LogP contribution in [0.1, 0.15) is 35.7 Å². The first-order chi connectivity index (χ1) is 8.08. The van der Waals surface area contributed by atoms with Gasteiger partial charge in [0.1, 0.15) is 6.04 Å². The molecular formula is C13H15BrN2O. The lowest BCUT2D eigenvalue weighted by molar-refractivity contribution is 0.0943. The van der Waals surface area contributed by atoms with Gasteiger partial charge in [-0.15, -0.1) is 0 Å². The highest BCUT2D eigenvalue weighted by Crippen LogP contribution is 2.16. The highest BCUT2D eigenvalue weighted by Gasteiger charge is 2.14. The van der Waals surface area contributed by atoms with Gasteiger partial charge in [0.15, 0.2) is 0 Å². The lowest BCUT2D eigenvalue weighted by Gasteiger charge is -2.12. The summed E-state index contributed by atoms with van der Waals surface area (Å²) in [6.07, 6.45) is 1.55. The summed E-state index contributed by atoms with van der Waals surface area (Å²) in [4.78, 5) is 12.0. The Balaban J connectivity index is 2.83. The first-order valence-corrected chi connectivity index (χ1v) is 6.34. The standard InChI is InChI=1S/C13H15BrN2O/c1-3-4-11(8-15)16-13(17)12-7-10(14)6-5-9(12)2/h5-7,11H,3-4H2,1-2H3,(H,16,17). The zero-order chi connectivity index (χ0) is 12.8. The average molecular weight is 295 g/mol. The van der Waals surface area contributed by atoms with Crippen LogP contribution in [0.5, 0.6) is 0 Å². The van der Waals surface area contributed by atoms with Crippen LogP contribution in [-0.2, 0) is 0 Å². The molecule has 1 atom stereocenters. The van der Waals surface area contributed by atoms with E-state index < -0.39 is 6.04 Å². The number of carbonyl (C=O) groups excluding carboxylic acids is 1. The van der Waals surface area contributed by atoms with Crippen molar-refractivity contribution >= 4 is 21.8 Å². The van der Waals surface area contributed by atoms with E-state index in [0.29, 0.717) is 12.0 Å². The Morgan fingerprint density at radius 3 is 2.88 bits per heavy atom. The van der Waals surface area contributed by atoms with Crippen LogP contribution in [-0.4, -0.2) is 11.9 Å². The molecule has 17 heavy (non-hydrogen) atoms. The van der Waals surface area contributed by atoms with Crippen LogP contribution in [0.15, 0.2) is 22.7 Å². The lowest BCUT2D eigenvalue weighted by atomic mass is 10.1. The minimum atomic E-state index is -0.411. The van der Waals surface area contributed by atoms with E-state index in [-0.39, 0.29) is 5.91 Å². The molecule has 0 bridgehead atoms. The fraction of sp³-hybridized carbons (Fsp3) is 0.385. The Hall–Kier alpha value is -1.34. The van der Waals surface area contributed by atoms with E-state index in [2.05, 4.69) is 27.3 Å². The fourth-order valence-corrected chi connectivity index (χ4v) is 1.89. The number of aryl methyl sites for hydroxylation is 1. The molecule has 1 amide bonds. The number of rotatable bonds is 4. The predicted octanol–water partition coefficient (Wildman–Crippen LogP) is 3.18. The van der Waals surface area contributed by atoms with Crippen molar-refractivity contribution in [3.8, 4) is 6.07 Å². The Morgan fingerprint density at radius 2 is 2.29 bits per heavy atom. The van der Waals surface area contributed by atoms with Gasteiger partial charge in [0, 0.05) is 10.0 Å². The van der Waals surface area contributed by atoms with E-state index in [1.165, 1.54) is 0 Å². The fourth-order valence-electron chi connectivity index (χ4n) is 1.53. The molecule has 0 spiro atoms. The second kappa shape index (κ2) is 6.41. The number of benzene rings is 1. The molecule has 1 rings (SSSR count). The number of nitriles is 1. The zero-order valence-corrected chi connectivity index (χ0v) is 11.5. The summed E-state index contributed by atoms with van der Waals surface area (Å²) in [5, 5.41) is 11.6. The van der Waals surface area contributed by atoms with E-state index in [9.17, 15) is 4.79 Å². The van der Waals surface area contributed by atoms with Gasteiger partial charge in [-0.1, -0.05) is 35.3 Å². The van der Waals surface area contributed by atoms with Crippen molar-refractivity contribution in [2.45, 2.75) is 32.7 Å². The molecule has 1 N–H and O–H groups in total. The second-order valence-electron chi connectivity index (χ2n) is 3.90. The summed E-state index contributed by atoms with van der Waals surface area (Å²) in [7, 11) is 0. The van der Waals surface area contributed by atoms with Gasteiger partial charge in [0.2, 0.25) is 0 Å². The third kappa shape index (κ3) is 3.86. The van der Waals surface area contributed by atoms with E-state index >= 15 is 0 Å². The van der Waals surface area contributed by atoms with Gasteiger partial charge in [-0.25, -0.2) is 0 Å². The Kier molecular flexibility index (Phi) is 5.17. The smallest absolute Gasteiger partial charge is 0.252 e. The SMILES string of the molecule is CCCC(C#N)NC(=O)c1cc(Br)ccc1C. The molecule has 0 fully saturated rings. The van der Waals surface area contributed by atoms with E-state index in [1.807, 2.05) is 26.0 Å². The summed E-state index contributed by atoms with van der Waals surface area (Å²) >= 11 is 3.33. The maximum absolute atomic E-state index is 12.0. The summed E-state index contributed by atoms with van der Waals surface area (Å²) in [6, 6.07) is 7.22. The molecule has 0 saturated carbocycles. The molecule has 0 radical (unpaired) electrons. The van der Waals surface area contributed by atoms with Crippen molar-refractivity contribution in [2.24, 2.45) is 0 Å². The van der Waals surface area contributed by atoms with Gasteiger partial charge in [-0.3, -0.25) is 4.79 Å². The van der Waals surface area contributed by atoms with E-state index in [1.54, 1.807) is 6.07 Å².